The highest BCUT2D eigenvalue weighted by Gasteiger charge is 2.11. The molecule has 3 aromatic rings. The third-order valence-electron chi connectivity index (χ3n) is 2.93. The zero-order chi connectivity index (χ0) is 12.7. The van der Waals surface area contributed by atoms with E-state index in [9.17, 15) is 0 Å². The quantitative estimate of drug-likeness (QED) is 0.768. The van der Waals surface area contributed by atoms with Crippen LogP contribution in [-0.4, -0.2) is 14.6 Å². The smallest absolute Gasteiger partial charge is 0.212 e. The van der Waals surface area contributed by atoms with Gasteiger partial charge in [0, 0.05) is 12.1 Å². The molecule has 0 bridgehead atoms. The molecule has 0 aliphatic carbocycles. The van der Waals surface area contributed by atoms with Crippen molar-refractivity contribution in [2.75, 3.05) is 0 Å². The molecule has 18 heavy (non-hydrogen) atoms. The molecule has 4 nitrogen and oxygen atoms in total. The normalized spacial score (nSPS) is 11.3. The van der Waals surface area contributed by atoms with E-state index in [1.54, 1.807) is 11.3 Å². The lowest BCUT2D eigenvalue weighted by atomic mass is 10.1. The molecule has 3 rings (SSSR count). The number of aromatic nitrogens is 3. The van der Waals surface area contributed by atoms with Gasteiger partial charge in [-0.25, -0.2) is 9.50 Å². The van der Waals surface area contributed by atoms with Crippen LogP contribution >= 0.6 is 11.3 Å². The van der Waals surface area contributed by atoms with Crippen LogP contribution in [0.3, 0.4) is 0 Å². The zero-order valence-corrected chi connectivity index (χ0v) is 11.2. The summed E-state index contributed by atoms with van der Waals surface area (Å²) < 4.78 is 1.81. The van der Waals surface area contributed by atoms with Gasteiger partial charge >= 0.3 is 0 Å². The molecular weight excluding hydrogens is 244 g/mol. The van der Waals surface area contributed by atoms with Crippen LogP contribution in [0, 0.1) is 13.8 Å². The molecule has 0 fully saturated rings. The first kappa shape index (κ1) is 11.4. The molecule has 2 N–H and O–H groups in total. The molecule has 1 aromatic carbocycles. The Hall–Kier alpha value is -1.72. The molecule has 2 heterocycles. The Labute approximate surface area is 109 Å². The van der Waals surface area contributed by atoms with E-state index in [0.29, 0.717) is 6.54 Å². The summed E-state index contributed by atoms with van der Waals surface area (Å²) in [4.78, 5) is 5.32. The van der Waals surface area contributed by atoms with Crippen LogP contribution in [0.4, 0.5) is 0 Å². The van der Waals surface area contributed by atoms with Crippen LogP contribution in [0.5, 0.6) is 0 Å². The lowest BCUT2D eigenvalue weighted by Crippen LogP contribution is -1.95. The van der Waals surface area contributed by atoms with Crippen LogP contribution in [0.1, 0.15) is 16.8 Å². The highest BCUT2D eigenvalue weighted by molar-refractivity contribution is 7.19. The van der Waals surface area contributed by atoms with Gasteiger partial charge < -0.3 is 5.73 Å². The van der Waals surface area contributed by atoms with Gasteiger partial charge in [0.25, 0.3) is 0 Å². The minimum atomic E-state index is 0.453. The standard InChI is InChI=1S/C13H14N4S/c1-8-3-4-9(2)11(5-8)12-16-17-7-10(6-14)15-13(17)18-12/h3-5,7H,6,14H2,1-2H3. The Morgan fingerprint density at radius 1 is 1.33 bits per heavy atom. The third-order valence-corrected chi connectivity index (χ3v) is 3.88. The third kappa shape index (κ3) is 1.81. The maximum Gasteiger partial charge on any atom is 0.212 e. The summed E-state index contributed by atoms with van der Waals surface area (Å²) in [5, 5.41) is 5.57. The fraction of sp³-hybridized carbons (Fsp3) is 0.231. The number of benzene rings is 1. The molecule has 0 aliphatic heterocycles. The summed E-state index contributed by atoms with van der Waals surface area (Å²) >= 11 is 1.59. The molecular formula is C13H14N4S. The van der Waals surface area contributed by atoms with E-state index in [0.717, 1.165) is 15.7 Å². The number of aryl methyl sites for hydroxylation is 2. The van der Waals surface area contributed by atoms with Crippen molar-refractivity contribution in [2.24, 2.45) is 5.73 Å². The highest BCUT2D eigenvalue weighted by Crippen LogP contribution is 2.28. The van der Waals surface area contributed by atoms with Crippen LogP contribution in [-0.2, 0) is 6.54 Å². The van der Waals surface area contributed by atoms with Crippen molar-refractivity contribution in [3.8, 4) is 10.6 Å². The van der Waals surface area contributed by atoms with E-state index in [2.05, 4.69) is 42.1 Å². The highest BCUT2D eigenvalue weighted by atomic mass is 32.1. The molecule has 0 unspecified atom stereocenters. The molecule has 0 radical (unpaired) electrons. The second kappa shape index (κ2) is 4.19. The average molecular weight is 258 g/mol. The molecule has 2 aromatic heterocycles. The van der Waals surface area contributed by atoms with Gasteiger partial charge in [0.1, 0.15) is 5.01 Å². The van der Waals surface area contributed by atoms with Crippen molar-refractivity contribution < 1.29 is 0 Å². The molecule has 0 saturated heterocycles. The maximum atomic E-state index is 5.57. The zero-order valence-electron chi connectivity index (χ0n) is 10.3. The Balaban J connectivity index is 2.13. The second-order valence-corrected chi connectivity index (χ2v) is 5.35. The van der Waals surface area contributed by atoms with Crippen molar-refractivity contribution in [3.05, 3.63) is 41.2 Å². The van der Waals surface area contributed by atoms with Gasteiger partial charge in [-0.1, -0.05) is 29.0 Å². The summed E-state index contributed by atoms with van der Waals surface area (Å²) in [5.74, 6) is 0. The Kier molecular flexibility index (Phi) is 2.65. The van der Waals surface area contributed by atoms with Crippen LogP contribution in [0.25, 0.3) is 15.5 Å². The molecule has 0 saturated carbocycles. The minimum absolute atomic E-state index is 0.453. The fourth-order valence-electron chi connectivity index (χ4n) is 1.92. The number of fused-ring (bicyclic) bond motifs is 1. The summed E-state index contributed by atoms with van der Waals surface area (Å²) in [7, 11) is 0. The van der Waals surface area contributed by atoms with Crippen LogP contribution in [0.15, 0.2) is 24.4 Å². The van der Waals surface area contributed by atoms with Crippen molar-refractivity contribution in [3.63, 3.8) is 0 Å². The van der Waals surface area contributed by atoms with Crippen LogP contribution in [0.2, 0.25) is 0 Å². The number of nitrogens with zero attached hydrogens (tertiary/aromatic N) is 3. The summed E-state index contributed by atoms with van der Waals surface area (Å²) in [5.41, 5.74) is 10.1. The average Bonchev–Trinajstić information content (AvgIpc) is 2.89. The van der Waals surface area contributed by atoms with E-state index in [-0.39, 0.29) is 0 Å². The van der Waals surface area contributed by atoms with Gasteiger partial charge in [0.15, 0.2) is 0 Å². The number of imidazole rings is 1. The van der Waals surface area contributed by atoms with Crippen molar-refractivity contribution in [1.29, 1.82) is 0 Å². The SMILES string of the molecule is Cc1ccc(C)c(-c2nn3cc(CN)nc3s2)c1. The Bertz CT molecular complexity index is 679. The van der Waals surface area contributed by atoms with E-state index in [4.69, 9.17) is 5.73 Å². The number of rotatable bonds is 2. The monoisotopic (exact) mass is 258 g/mol. The fourth-order valence-corrected chi connectivity index (χ4v) is 2.90. The second-order valence-electron chi connectivity index (χ2n) is 4.39. The summed E-state index contributed by atoms with van der Waals surface area (Å²) in [6, 6.07) is 6.40. The van der Waals surface area contributed by atoms with Crippen molar-refractivity contribution in [1.82, 2.24) is 14.6 Å². The van der Waals surface area contributed by atoms with Gasteiger partial charge in [-0.05, 0) is 25.5 Å². The first-order valence-corrected chi connectivity index (χ1v) is 6.62. The van der Waals surface area contributed by atoms with Gasteiger partial charge in [-0.2, -0.15) is 5.10 Å². The molecule has 0 atom stereocenters. The van der Waals surface area contributed by atoms with Crippen molar-refractivity contribution >= 4 is 16.3 Å². The Morgan fingerprint density at radius 2 is 2.17 bits per heavy atom. The lowest BCUT2D eigenvalue weighted by molar-refractivity contribution is 0.959. The van der Waals surface area contributed by atoms with Gasteiger partial charge in [-0.15, -0.1) is 0 Å². The first-order valence-electron chi connectivity index (χ1n) is 5.80. The first-order chi connectivity index (χ1) is 8.67. The van der Waals surface area contributed by atoms with E-state index in [1.165, 1.54) is 16.7 Å². The molecule has 5 heteroatoms. The number of nitrogens with two attached hydrogens (primary N) is 1. The summed E-state index contributed by atoms with van der Waals surface area (Å²) in [6.45, 7) is 4.65. The predicted octanol–water partition coefficient (Wildman–Crippen LogP) is 2.53. The van der Waals surface area contributed by atoms with E-state index in [1.807, 2.05) is 10.7 Å². The van der Waals surface area contributed by atoms with Gasteiger partial charge in [0.05, 0.1) is 11.9 Å². The largest absolute Gasteiger partial charge is 0.325 e. The molecule has 92 valence electrons. The lowest BCUT2D eigenvalue weighted by Gasteiger charge is -2.02. The van der Waals surface area contributed by atoms with Gasteiger partial charge in [-0.3, -0.25) is 0 Å². The predicted molar refractivity (Wildman–Crippen MR) is 73.7 cm³/mol. The van der Waals surface area contributed by atoms with Gasteiger partial charge in [0.2, 0.25) is 4.96 Å². The maximum absolute atomic E-state index is 5.57. The molecule has 0 spiro atoms. The molecule has 0 aliphatic rings. The number of hydrogen-bond donors (Lipinski definition) is 1. The van der Waals surface area contributed by atoms with Crippen LogP contribution < -0.4 is 5.73 Å². The topological polar surface area (TPSA) is 56.2 Å². The molecule has 0 amide bonds. The number of hydrogen-bond acceptors (Lipinski definition) is 4. The Morgan fingerprint density at radius 3 is 2.89 bits per heavy atom. The van der Waals surface area contributed by atoms with Crippen molar-refractivity contribution in [2.45, 2.75) is 20.4 Å². The summed E-state index contributed by atoms with van der Waals surface area (Å²) in [6.07, 6.45) is 1.89. The van der Waals surface area contributed by atoms with E-state index >= 15 is 0 Å². The van der Waals surface area contributed by atoms with E-state index < -0.39 is 0 Å². The minimum Gasteiger partial charge on any atom is -0.325 e.